The van der Waals surface area contributed by atoms with Gasteiger partial charge in [0.25, 0.3) is 0 Å². The van der Waals surface area contributed by atoms with Crippen molar-refractivity contribution < 1.29 is 63.1 Å². The number of phosphoric ester groups is 1. The van der Waals surface area contributed by atoms with Crippen molar-refractivity contribution in [3.63, 3.8) is 0 Å². The summed E-state index contributed by atoms with van der Waals surface area (Å²) in [5, 5.41) is 50.2. The second-order valence-electron chi connectivity index (χ2n) is 16.3. The first-order valence-corrected chi connectivity index (χ1v) is 25.8. The summed E-state index contributed by atoms with van der Waals surface area (Å²) in [5.41, 5.74) is 0. The van der Waals surface area contributed by atoms with E-state index in [0.29, 0.717) is 25.7 Å². The number of esters is 2. The van der Waals surface area contributed by atoms with Gasteiger partial charge in [-0.2, -0.15) is 0 Å². The summed E-state index contributed by atoms with van der Waals surface area (Å²) in [6.45, 7) is 3.10. The van der Waals surface area contributed by atoms with Crippen molar-refractivity contribution >= 4 is 19.8 Å². The molecule has 0 aliphatic heterocycles. The molecule has 14 heteroatoms. The molecule has 0 heterocycles. The molecule has 1 aliphatic carbocycles. The largest absolute Gasteiger partial charge is 0.472 e. The number of unbranched alkanes of at least 4 members (excludes halogenated alkanes) is 6. The van der Waals surface area contributed by atoms with Gasteiger partial charge in [0.05, 0.1) is 6.61 Å². The van der Waals surface area contributed by atoms with Crippen molar-refractivity contribution in [1.82, 2.24) is 0 Å². The number of carbonyl (C=O) groups excluding carboxylic acids is 2. The fourth-order valence-corrected chi connectivity index (χ4v) is 7.34. The summed E-state index contributed by atoms with van der Waals surface area (Å²) >= 11 is 0. The summed E-state index contributed by atoms with van der Waals surface area (Å²) in [6.07, 6.45) is 45.6. The molecule has 6 unspecified atom stereocenters. The SMILES string of the molecule is CCCCC/C=C/C/C=C/C/C=C/C/C=C/C/C=C/CCC(=O)OC[C@@H](COP(=O)(O)OC1C(O)C(O)C(O)[C@H](O)C1O)OC(=O)CC/C=C/C/C=C/C/C=C/C/C=C/C/C=C/CCCCC. The highest BCUT2D eigenvalue weighted by Gasteiger charge is 2.51. The van der Waals surface area contributed by atoms with Crippen molar-refractivity contribution in [3.05, 3.63) is 122 Å². The molecule has 0 bridgehead atoms. The molecular weight excluding hydrogens is 876 g/mol. The third-order valence-corrected chi connectivity index (χ3v) is 11.3. The van der Waals surface area contributed by atoms with Gasteiger partial charge in [0.1, 0.15) is 43.2 Å². The Morgan fingerprint density at radius 3 is 1.16 bits per heavy atom. The Hall–Kier alpha value is -3.75. The molecule has 0 amide bonds. The maximum atomic E-state index is 12.8. The molecule has 0 aromatic heterocycles. The zero-order valence-corrected chi connectivity index (χ0v) is 41.0. The molecule has 1 fully saturated rings. The van der Waals surface area contributed by atoms with E-state index in [0.717, 1.165) is 51.4 Å². The Morgan fingerprint density at radius 1 is 0.463 bits per heavy atom. The first-order chi connectivity index (χ1) is 32.4. The van der Waals surface area contributed by atoms with Gasteiger partial charge in [0.2, 0.25) is 0 Å². The van der Waals surface area contributed by atoms with Gasteiger partial charge in [-0.15, -0.1) is 0 Å². The molecule has 8 atom stereocenters. The van der Waals surface area contributed by atoms with Crippen LogP contribution < -0.4 is 0 Å². The third-order valence-electron chi connectivity index (χ3n) is 10.3. The minimum atomic E-state index is -5.17. The fourth-order valence-electron chi connectivity index (χ4n) is 6.37. The third kappa shape index (κ3) is 33.4. The van der Waals surface area contributed by atoms with E-state index in [1.165, 1.54) is 38.5 Å². The lowest BCUT2D eigenvalue weighted by molar-refractivity contribution is -0.220. The van der Waals surface area contributed by atoms with Crippen LogP contribution >= 0.6 is 7.82 Å². The van der Waals surface area contributed by atoms with E-state index in [1.54, 1.807) is 0 Å². The molecule has 1 rings (SSSR count). The molecule has 378 valence electrons. The molecule has 6 N–H and O–H groups in total. The van der Waals surface area contributed by atoms with E-state index >= 15 is 0 Å². The molecule has 0 saturated heterocycles. The van der Waals surface area contributed by atoms with Gasteiger partial charge in [-0.25, -0.2) is 4.57 Å². The molecule has 1 saturated carbocycles. The Bertz CT molecular complexity index is 1630. The van der Waals surface area contributed by atoms with Crippen LogP contribution in [0.3, 0.4) is 0 Å². The summed E-state index contributed by atoms with van der Waals surface area (Å²) in [4.78, 5) is 35.7. The van der Waals surface area contributed by atoms with E-state index in [2.05, 4.69) is 98.9 Å². The monoisotopic (exact) mass is 959 g/mol. The zero-order valence-electron chi connectivity index (χ0n) is 40.1. The van der Waals surface area contributed by atoms with Crippen molar-refractivity contribution in [2.75, 3.05) is 13.2 Å². The minimum absolute atomic E-state index is 0.0203. The molecule has 67 heavy (non-hydrogen) atoms. The highest BCUT2D eigenvalue weighted by atomic mass is 31.2. The van der Waals surface area contributed by atoms with Gasteiger partial charge in [0.15, 0.2) is 6.10 Å². The van der Waals surface area contributed by atoms with Crippen LogP contribution in [-0.4, -0.2) is 98.3 Å². The number of aliphatic hydroxyl groups is 5. The predicted octanol–water partition coefficient (Wildman–Crippen LogP) is 10.2. The van der Waals surface area contributed by atoms with Crippen LogP contribution in [0.2, 0.25) is 0 Å². The molecule has 0 spiro atoms. The molecule has 13 nitrogen and oxygen atoms in total. The van der Waals surface area contributed by atoms with Crippen LogP contribution in [0.1, 0.15) is 142 Å². The van der Waals surface area contributed by atoms with Crippen LogP contribution in [0.4, 0.5) is 0 Å². The van der Waals surface area contributed by atoms with Crippen molar-refractivity contribution in [2.45, 2.75) is 185 Å². The first kappa shape index (κ1) is 61.3. The van der Waals surface area contributed by atoms with E-state index in [1.807, 2.05) is 36.5 Å². The Morgan fingerprint density at radius 2 is 0.791 bits per heavy atom. The molecule has 1 aliphatic rings. The maximum absolute atomic E-state index is 12.8. The summed E-state index contributed by atoms with van der Waals surface area (Å²) in [6, 6.07) is 0. The first-order valence-electron chi connectivity index (χ1n) is 24.3. The Kier molecular flexibility index (Phi) is 37.7. The Labute approximate surface area is 401 Å². The standard InChI is InChI=1S/C53H83O13P/c1-3-5-7-9-11-13-15-17-19-21-23-25-27-29-31-33-35-37-39-41-46(54)63-43-45(44-64-67(61,62)66-53-51(59)49(57)48(56)50(58)52(53)60)65-47(55)42-40-38-36-34-32-30-28-26-24-22-20-18-16-14-12-10-8-6-4-2/h11-14,17-20,23-26,29-32,35-38,45,48-53,56-60H,3-10,15-16,21-22,27-28,33-34,39-44H2,1-2H3,(H,61,62)/b13-11+,14-12+,19-17+,20-18+,25-23+,26-24+,31-29+,32-30+,37-35+,38-36+/t45-,48?,49-,50?,51?,52?,53?/m0/s1. The minimum Gasteiger partial charge on any atom is -0.462 e. The lowest BCUT2D eigenvalue weighted by Gasteiger charge is -2.41. The van der Waals surface area contributed by atoms with Crippen LogP contribution in [0.5, 0.6) is 0 Å². The number of ether oxygens (including phenoxy) is 2. The smallest absolute Gasteiger partial charge is 0.462 e. The zero-order chi connectivity index (χ0) is 49.2. The lowest BCUT2D eigenvalue weighted by atomic mass is 9.85. The van der Waals surface area contributed by atoms with Crippen LogP contribution in [-0.2, 0) is 32.7 Å². The van der Waals surface area contributed by atoms with Gasteiger partial charge in [-0.3, -0.25) is 18.6 Å². The molecule has 0 aromatic rings. The van der Waals surface area contributed by atoms with Crippen molar-refractivity contribution in [1.29, 1.82) is 0 Å². The summed E-state index contributed by atoms with van der Waals surface area (Å²) < 4.78 is 33.4. The van der Waals surface area contributed by atoms with Gasteiger partial charge in [0, 0.05) is 12.8 Å². The number of allylic oxidation sites excluding steroid dienone is 20. The van der Waals surface area contributed by atoms with Crippen LogP contribution in [0.15, 0.2) is 122 Å². The van der Waals surface area contributed by atoms with Gasteiger partial charge in [-0.1, -0.05) is 161 Å². The number of carbonyl (C=O) groups is 2. The number of aliphatic hydroxyl groups excluding tert-OH is 5. The second kappa shape index (κ2) is 41.2. The molecular formula is C53H83O13P. The van der Waals surface area contributed by atoms with E-state index in [-0.39, 0.29) is 12.8 Å². The van der Waals surface area contributed by atoms with Gasteiger partial charge >= 0.3 is 19.8 Å². The average molecular weight is 959 g/mol. The van der Waals surface area contributed by atoms with Crippen molar-refractivity contribution in [3.8, 4) is 0 Å². The average Bonchev–Trinajstić information content (AvgIpc) is 3.31. The number of hydrogen-bond donors (Lipinski definition) is 6. The van der Waals surface area contributed by atoms with Gasteiger partial charge < -0.3 is 39.9 Å². The summed E-state index contributed by atoms with van der Waals surface area (Å²) in [7, 11) is -5.17. The summed E-state index contributed by atoms with van der Waals surface area (Å²) in [5.74, 6) is -1.31. The highest BCUT2D eigenvalue weighted by molar-refractivity contribution is 7.47. The van der Waals surface area contributed by atoms with Crippen LogP contribution in [0, 0.1) is 0 Å². The fraction of sp³-hybridized carbons (Fsp3) is 0.585. The predicted molar refractivity (Wildman–Crippen MR) is 267 cm³/mol. The molecule has 0 aromatic carbocycles. The van der Waals surface area contributed by atoms with E-state index in [9.17, 15) is 44.6 Å². The highest BCUT2D eigenvalue weighted by Crippen LogP contribution is 2.47. The topological polar surface area (TPSA) is 210 Å². The Balaban J connectivity index is 2.56. The maximum Gasteiger partial charge on any atom is 0.472 e. The number of hydrogen-bond acceptors (Lipinski definition) is 12. The van der Waals surface area contributed by atoms with Gasteiger partial charge in [-0.05, 0) is 89.9 Å². The lowest BCUT2D eigenvalue weighted by Crippen LogP contribution is -2.64. The van der Waals surface area contributed by atoms with Crippen LogP contribution in [0.25, 0.3) is 0 Å². The normalized spacial score (nSPS) is 22.2. The van der Waals surface area contributed by atoms with E-state index in [4.69, 9.17) is 18.5 Å². The second-order valence-corrected chi connectivity index (χ2v) is 17.7. The molecule has 0 radical (unpaired) electrons. The number of rotatable bonds is 38. The number of phosphoric acid groups is 1. The van der Waals surface area contributed by atoms with E-state index < -0.39 is 75.7 Å². The quantitative estimate of drug-likeness (QED) is 0.0148. The van der Waals surface area contributed by atoms with Crippen molar-refractivity contribution in [2.24, 2.45) is 0 Å².